The SMILES string of the molecule is COc1cc(OC)c2c(Oc3ccc(Nc4nnc(-c5ccc(Cl)cc5)c5ccccc45)cc3)ncnc2c1. The Labute approximate surface area is 229 Å². The highest BCUT2D eigenvalue weighted by Gasteiger charge is 2.15. The van der Waals surface area contributed by atoms with Crippen LogP contribution in [-0.4, -0.2) is 34.4 Å². The lowest BCUT2D eigenvalue weighted by molar-refractivity contribution is 0.395. The molecule has 0 aliphatic rings. The highest BCUT2D eigenvalue weighted by Crippen LogP contribution is 2.37. The number of benzene rings is 4. The molecule has 6 aromatic rings. The van der Waals surface area contributed by atoms with Crippen molar-refractivity contribution in [2.24, 2.45) is 0 Å². The van der Waals surface area contributed by atoms with Crippen molar-refractivity contribution in [3.63, 3.8) is 0 Å². The van der Waals surface area contributed by atoms with Crippen molar-refractivity contribution in [3.8, 4) is 34.4 Å². The van der Waals surface area contributed by atoms with Gasteiger partial charge in [-0.3, -0.25) is 0 Å². The van der Waals surface area contributed by atoms with E-state index < -0.39 is 0 Å². The molecule has 6 rings (SSSR count). The Hall–Kier alpha value is -4.95. The van der Waals surface area contributed by atoms with Gasteiger partial charge in [0, 0.05) is 39.2 Å². The van der Waals surface area contributed by atoms with Crippen LogP contribution in [-0.2, 0) is 0 Å². The van der Waals surface area contributed by atoms with Crippen LogP contribution in [0.15, 0.2) is 91.3 Å². The average Bonchev–Trinajstić information content (AvgIpc) is 2.98. The van der Waals surface area contributed by atoms with Gasteiger partial charge in [0.15, 0.2) is 5.82 Å². The first-order valence-corrected chi connectivity index (χ1v) is 12.4. The number of fused-ring (bicyclic) bond motifs is 2. The van der Waals surface area contributed by atoms with Crippen molar-refractivity contribution in [1.29, 1.82) is 0 Å². The molecule has 0 aliphatic carbocycles. The molecule has 0 saturated heterocycles. The molecular weight excluding hydrogens is 514 g/mol. The Morgan fingerprint density at radius 1 is 0.744 bits per heavy atom. The van der Waals surface area contributed by atoms with Gasteiger partial charge in [0.2, 0.25) is 5.88 Å². The van der Waals surface area contributed by atoms with Gasteiger partial charge in [0.05, 0.1) is 19.7 Å². The van der Waals surface area contributed by atoms with Crippen molar-refractivity contribution in [2.75, 3.05) is 19.5 Å². The molecule has 9 heteroatoms. The van der Waals surface area contributed by atoms with Crippen molar-refractivity contribution in [3.05, 3.63) is 96.3 Å². The third kappa shape index (κ3) is 4.85. The molecule has 0 amide bonds. The first-order valence-electron chi connectivity index (χ1n) is 12.1. The van der Waals surface area contributed by atoms with Crippen LogP contribution in [0.25, 0.3) is 32.9 Å². The maximum atomic E-state index is 6.12. The van der Waals surface area contributed by atoms with Gasteiger partial charge < -0.3 is 19.5 Å². The van der Waals surface area contributed by atoms with Crippen LogP contribution < -0.4 is 19.5 Å². The topological polar surface area (TPSA) is 91.3 Å². The molecule has 8 nitrogen and oxygen atoms in total. The van der Waals surface area contributed by atoms with E-state index in [9.17, 15) is 0 Å². The highest BCUT2D eigenvalue weighted by molar-refractivity contribution is 6.30. The maximum absolute atomic E-state index is 6.12. The summed E-state index contributed by atoms with van der Waals surface area (Å²) in [7, 11) is 3.18. The summed E-state index contributed by atoms with van der Waals surface area (Å²) in [4.78, 5) is 8.67. The molecule has 1 N–H and O–H groups in total. The minimum absolute atomic E-state index is 0.384. The van der Waals surface area contributed by atoms with E-state index in [1.807, 2.05) is 78.9 Å². The van der Waals surface area contributed by atoms with Gasteiger partial charge in [-0.2, -0.15) is 0 Å². The molecule has 4 aromatic carbocycles. The van der Waals surface area contributed by atoms with Crippen molar-refractivity contribution >= 4 is 44.8 Å². The molecule has 0 radical (unpaired) electrons. The molecule has 192 valence electrons. The summed E-state index contributed by atoms with van der Waals surface area (Å²) in [6.07, 6.45) is 1.45. The zero-order valence-electron chi connectivity index (χ0n) is 21.1. The second kappa shape index (κ2) is 10.4. The zero-order chi connectivity index (χ0) is 26.8. The number of nitrogens with one attached hydrogen (secondary N) is 1. The fourth-order valence-corrected chi connectivity index (χ4v) is 4.46. The largest absolute Gasteiger partial charge is 0.497 e. The Bertz CT molecular complexity index is 1790. The summed E-state index contributed by atoms with van der Waals surface area (Å²) in [5, 5.41) is 15.7. The third-order valence-electron chi connectivity index (χ3n) is 6.23. The zero-order valence-corrected chi connectivity index (χ0v) is 21.8. The predicted octanol–water partition coefficient (Wildman–Crippen LogP) is 7.45. The van der Waals surface area contributed by atoms with Gasteiger partial charge in [-0.15, -0.1) is 10.2 Å². The number of nitrogens with zero attached hydrogens (tertiary/aromatic N) is 4. The smallest absolute Gasteiger partial charge is 0.233 e. The van der Waals surface area contributed by atoms with Crippen LogP contribution >= 0.6 is 11.6 Å². The predicted molar refractivity (Wildman–Crippen MR) is 152 cm³/mol. The fourth-order valence-electron chi connectivity index (χ4n) is 4.33. The van der Waals surface area contributed by atoms with Gasteiger partial charge in [0.25, 0.3) is 0 Å². The average molecular weight is 536 g/mol. The molecule has 0 saturated carbocycles. The third-order valence-corrected chi connectivity index (χ3v) is 6.48. The molecule has 2 aromatic heterocycles. The van der Waals surface area contributed by atoms with Crippen LogP contribution in [0.3, 0.4) is 0 Å². The molecule has 0 spiro atoms. The maximum Gasteiger partial charge on any atom is 0.233 e. The van der Waals surface area contributed by atoms with E-state index in [4.69, 9.17) is 25.8 Å². The van der Waals surface area contributed by atoms with E-state index >= 15 is 0 Å². The molecule has 0 fully saturated rings. The Morgan fingerprint density at radius 2 is 1.51 bits per heavy atom. The van der Waals surface area contributed by atoms with Crippen molar-refractivity contribution in [1.82, 2.24) is 20.2 Å². The van der Waals surface area contributed by atoms with Gasteiger partial charge in [-0.1, -0.05) is 48.0 Å². The summed E-state index contributed by atoms with van der Waals surface area (Å²) in [6.45, 7) is 0. The Kier molecular flexibility index (Phi) is 6.52. The second-order valence-corrected chi connectivity index (χ2v) is 9.04. The first kappa shape index (κ1) is 24.4. The molecule has 2 heterocycles. The van der Waals surface area contributed by atoms with Crippen molar-refractivity contribution < 1.29 is 14.2 Å². The number of methoxy groups -OCH3 is 2. The minimum Gasteiger partial charge on any atom is -0.497 e. The van der Waals surface area contributed by atoms with E-state index in [1.165, 1.54) is 6.33 Å². The molecular formula is C30H22ClN5O3. The summed E-state index contributed by atoms with van der Waals surface area (Å²) in [5.74, 6) is 2.83. The lowest BCUT2D eigenvalue weighted by Gasteiger charge is -2.13. The number of hydrogen-bond donors (Lipinski definition) is 1. The number of halogens is 1. The van der Waals surface area contributed by atoms with Gasteiger partial charge >= 0.3 is 0 Å². The normalized spacial score (nSPS) is 10.9. The van der Waals surface area contributed by atoms with Gasteiger partial charge in [0.1, 0.15) is 34.7 Å². The van der Waals surface area contributed by atoms with Crippen LogP contribution in [0.2, 0.25) is 5.02 Å². The number of anilines is 2. The monoisotopic (exact) mass is 535 g/mol. The quantitative estimate of drug-likeness (QED) is 0.225. The minimum atomic E-state index is 0.384. The molecule has 0 unspecified atom stereocenters. The fraction of sp³-hybridized carbons (Fsp3) is 0.0667. The van der Waals surface area contributed by atoms with Crippen LogP contribution in [0.4, 0.5) is 11.5 Å². The summed E-state index contributed by atoms with van der Waals surface area (Å²) in [6, 6.07) is 26.7. The Balaban J connectivity index is 1.28. The molecule has 0 bridgehead atoms. The van der Waals surface area contributed by atoms with E-state index in [1.54, 1.807) is 20.3 Å². The summed E-state index contributed by atoms with van der Waals surface area (Å²) < 4.78 is 17.0. The van der Waals surface area contributed by atoms with Gasteiger partial charge in [-0.05, 0) is 36.4 Å². The standard InChI is InChI=1S/C30H22ClN5O3/c1-37-22-15-25-27(26(16-22)38-2)30(33-17-32-25)39-21-13-11-20(12-14-21)34-29-24-6-4-3-5-23(24)28(35-36-29)18-7-9-19(31)10-8-18/h3-17H,1-2H3,(H,34,36). The number of hydrogen-bond acceptors (Lipinski definition) is 8. The van der Waals surface area contributed by atoms with Crippen LogP contribution in [0, 0.1) is 0 Å². The van der Waals surface area contributed by atoms with Crippen LogP contribution in [0.5, 0.6) is 23.1 Å². The Morgan fingerprint density at radius 3 is 2.26 bits per heavy atom. The number of aromatic nitrogens is 4. The van der Waals surface area contributed by atoms with E-state index in [0.717, 1.165) is 27.7 Å². The van der Waals surface area contributed by atoms with E-state index in [2.05, 4.69) is 25.5 Å². The number of ether oxygens (including phenoxy) is 3. The number of rotatable bonds is 7. The highest BCUT2D eigenvalue weighted by atomic mass is 35.5. The van der Waals surface area contributed by atoms with E-state index in [0.29, 0.717) is 44.9 Å². The summed E-state index contributed by atoms with van der Waals surface area (Å²) in [5.41, 5.74) is 3.23. The molecule has 0 aliphatic heterocycles. The molecule has 0 atom stereocenters. The van der Waals surface area contributed by atoms with Crippen LogP contribution in [0.1, 0.15) is 0 Å². The molecule has 39 heavy (non-hydrogen) atoms. The second-order valence-electron chi connectivity index (χ2n) is 8.60. The lowest BCUT2D eigenvalue weighted by Crippen LogP contribution is -1.99. The summed E-state index contributed by atoms with van der Waals surface area (Å²) >= 11 is 6.07. The lowest BCUT2D eigenvalue weighted by atomic mass is 10.0. The van der Waals surface area contributed by atoms with Gasteiger partial charge in [-0.25, -0.2) is 9.97 Å². The van der Waals surface area contributed by atoms with Crippen molar-refractivity contribution in [2.45, 2.75) is 0 Å². The first-order chi connectivity index (χ1) is 19.1. The van der Waals surface area contributed by atoms with E-state index in [-0.39, 0.29) is 0 Å².